The Labute approximate surface area is 167 Å². The molecule has 3 rings (SSSR count). The van der Waals surface area contributed by atoms with Crippen LogP contribution in [0.1, 0.15) is 57.4 Å². The lowest BCUT2D eigenvalue weighted by atomic mass is 9.84. The number of carbonyl (C=O) groups excluding carboxylic acids is 2. The van der Waals surface area contributed by atoms with Crippen molar-refractivity contribution in [2.45, 2.75) is 70.1 Å². The first kappa shape index (κ1) is 20.8. The molecule has 0 amide bonds. The van der Waals surface area contributed by atoms with E-state index in [-0.39, 0.29) is 31.3 Å². The Balaban J connectivity index is 1.56. The zero-order valence-corrected chi connectivity index (χ0v) is 16.7. The second-order valence-electron chi connectivity index (χ2n) is 7.61. The molecule has 1 heterocycles. The zero-order valence-electron chi connectivity index (χ0n) is 16.7. The maximum atomic E-state index is 12.6. The molecule has 0 radical (unpaired) electrons. The lowest BCUT2D eigenvalue weighted by Crippen LogP contribution is -2.48. The van der Waals surface area contributed by atoms with E-state index in [1.165, 1.54) is 0 Å². The number of rotatable bonds is 8. The van der Waals surface area contributed by atoms with Crippen LogP contribution in [0, 0.1) is 0 Å². The highest BCUT2D eigenvalue weighted by molar-refractivity contribution is 5.79. The van der Waals surface area contributed by atoms with E-state index >= 15 is 0 Å². The van der Waals surface area contributed by atoms with Gasteiger partial charge in [0.05, 0.1) is 6.61 Å². The van der Waals surface area contributed by atoms with Gasteiger partial charge in [0.25, 0.3) is 0 Å². The van der Waals surface area contributed by atoms with Crippen molar-refractivity contribution < 1.29 is 23.8 Å². The number of carbonyl (C=O) groups is 2. The van der Waals surface area contributed by atoms with Crippen molar-refractivity contribution in [3.8, 4) is 0 Å². The molecule has 0 aromatic heterocycles. The lowest BCUT2D eigenvalue weighted by Gasteiger charge is -2.36. The topological polar surface area (TPSA) is 65.1 Å². The number of benzene rings is 1. The van der Waals surface area contributed by atoms with E-state index in [0.29, 0.717) is 19.4 Å². The first-order valence-electron chi connectivity index (χ1n) is 10.4. The summed E-state index contributed by atoms with van der Waals surface area (Å²) in [5.41, 5.74) is 0.107. The maximum Gasteiger partial charge on any atom is 0.338 e. The summed E-state index contributed by atoms with van der Waals surface area (Å²) in [6, 6.07) is 9.36. The van der Waals surface area contributed by atoms with Crippen LogP contribution in [0.5, 0.6) is 0 Å². The van der Waals surface area contributed by atoms with E-state index in [4.69, 9.17) is 14.2 Å². The molecule has 1 saturated carbocycles. The number of hydrogen-bond donors (Lipinski definition) is 0. The van der Waals surface area contributed by atoms with Crippen LogP contribution in [-0.4, -0.2) is 48.4 Å². The van der Waals surface area contributed by atoms with Crippen molar-refractivity contribution in [2.24, 2.45) is 0 Å². The Hall–Kier alpha value is -1.92. The third-order valence-electron chi connectivity index (χ3n) is 5.67. The molecule has 1 aromatic rings. The molecule has 2 fully saturated rings. The molecule has 0 bridgehead atoms. The Bertz CT molecular complexity index is 642. The molecule has 28 heavy (non-hydrogen) atoms. The fraction of sp³-hybridized carbons (Fsp3) is 0.636. The SMILES string of the molecule is CCOC(=O)C1(OCN2CCC[C@H]2C(=O)OCc2ccccc2)CCCCC1. The van der Waals surface area contributed by atoms with Gasteiger partial charge in [0, 0.05) is 6.54 Å². The van der Waals surface area contributed by atoms with Crippen molar-refractivity contribution in [2.75, 3.05) is 19.9 Å². The van der Waals surface area contributed by atoms with Crippen molar-refractivity contribution in [3.63, 3.8) is 0 Å². The van der Waals surface area contributed by atoms with Crippen molar-refractivity contribution in [3.05, 3.63) is 35.9 Å². The van der Waals surface area contributed by atoms with Crippen LogP contribution in [0.25, 0.3) is 0 Å². The molecule has 6 heteroatoms. The summed E-state index contributed by atoms with van der Waals surface area (Å²) < 4.78 is 17.0. The van der Waals surface area contributed by atoms with Crippen LogP contribution in [0.4, 0.5) is 0 Å². The first-order valence-corrected chi connectivity index (χ1v) is 10.4. The van der Waals surface area contributed by atoms with Gasteiger partial charge in [-0.15, -0.1) is 0 Å². The Morgan fingerprint density at radius 1 is 1.07 bits per heavy atom. The molecule has 1 atom stereocenters. The van der Waals surface area contributed by atoms with Crippen LogP contribution in [0.2, 0.25) is 0 Å². The second kappa shape index (κ2) is 10.0. The molecular formula is C22H31NO5. The van der Waals surface area contributed by atoms with Crippen molar-refractivity contribution >= 4 is 11.9 Å². The highest BCUT2D eigenvalue weighted by Crippen LogP contribution is 2.34. The second-order valence-corrected chi connectivity index (χ2v) is 7.61. The molecule has 2 aliphatic rings. The van der Waals surface area contributed by atoms with Gasteiger partial charge in [-0.1, -0.05) is 36.8 Å². The number of likely N-dealkylation sites (tertiary alicyclic amines) is 1. The van der Waals surface area contributed by atoms with Crippen molar-refractivity contribution in [1.82, 2.24) is 4.90 Å². The van der Waals surface area contributed by atoms with E-state index in [0.717, 1.165) is 44.2 Å². The van der Waals surface area contributed by atoms with Gasteiger partial charge in [0.15, 0.2) is 5.60 Å². The third kappa shape index (κ3) is 5.11. The average Bonchev–Trinajstić information content (AvgIpc) is 3.21. The monoisotopic (exact) mass is 389 g/mol. The number of hydrogen-bond acceptors (Lipinski definition) is 6. The summed E-state index contributed by atoms with van der Waals surface area (Å²) in [5, 5.41) is 0. The number of esters is 2. The summed E-state index contributed by atoms with van der Waals surface area (Å²) in [5.74, 6) is -0.490. The summed E-state index contributed by atoms with van der Waals surface area (Å²) in [6.45, 7) is 3.46. The molecule has 1 aromatic carbocycles. The van der Waals surface area contributed by atoms with Gasteiger partial charge in [-0.3, -0.25) is 9.69 Å². The minimum Gasteiger partial charge on any atom is -0.464 e. The third-order valence-corrected chi connectivity index (χ3v) is 5.67. The Morgan fingerprint density at radius 3 is 2.54 bits per heavy atom. The summed E-state index contributed by atoms with van der Waals surface area (Å²) >= 11 is 0. The largest absolute Gasteiger partial charge is 0.464 e. The van der Waals surface area contributed by atoms with Crippen LogP contribution in [-0.2, 0) is 30.4 Å². The Kier molecular flexibility index (Phi) is 7.45. The number of nitrogens with zero attached hydrogens (tertiary/aromatic N) is 1. The highest BCUT2D eigenvalue weighted by atomic mass is 16.6. The highest BCUT2D eigenvalue weighted by Gasteiger charge is 2.43. The van der Waals surface area contributed by atoms with Gasteiger partial charge in [-0.05, 0) is 51.0 Å². The standard InChI is InChI=1S/C22H31NO5/c1-2-26-21(25)22(13-7-4-8-14-22)28-17-23-15-9-12-19(23)20(24)27-16-18-10-5-3-6-11-18/h3,5-6,10-11,19H,2,4,7-9,12-17H2,1H3/t19-/m0/s1. The molecule has 6 nitrogen and oxygen atoms in total. The molecule has 1 aliphatic heterocycles. The van der Waals surface area contributed by atoms with Crippen LogP contribution < -0.4 is 0 Å². The minimum atomic E-state index is -0.866. The zero-order chi connectivity index (χ0) is 19.8. The maximum absolute atomic E-state index is 12.6. The predicted molar refractivity (Wildman–Crippen MR) is 104 cm³/mol. The lowest BCUT2D eigenvalue weighted by molar-refractivity contribution is -0.186. The van der Waals surface area contributed by atoms with Gasteiger partial charge in [-0.25, -0.2) is 4.79 Å². The van der Waals surface area contributed by atoms with E-state index in [1.807, 2.05) is 42.2 Å². The fourth-order valence-corrected chi connectivity index (χ4v) is 4.07. The molecule has 0 N–H and O–H groups in total. The van der Waals surface area contributed by atoms with Crippen LogP contribution in [0.15, 0.2) is 30.3 Å². The van der Waals surface area contributed by atoms with Gasteiger partial charge in [0.2, 0.25) is 0 Å². The van der Waals surface area contributed by atoms with Gasteiger partial charge >= 0.3 is 11.9 Å². The van der Waals surface area contributed by atoms with E-state index in [2.05, 4.69) is 0 Å². The molecular weight excluding hydrogens is 358 g/mol. The van der Waals surface area contributed by atoms with E-state index in [9.17, 15) is 9.59 Å². The number of ether oxygens (including phenoxy) is 3. The molecule has 0 spiro atoms. The van der Waals surface area contributed by atoms with E-state index in [1.54, 1.807) is 0 Å². The molecule has 154 valence electrons. The van der Waals surface area contributed by atoms with Crippen LogP contribution in [0.3, 0.4) is 0 Å². The first-order chi connectivity index (χ1) is 13.6. The summed E-state index contributed by atoms with van der Waals surface area (Å²) in [4.78, 5) is 27.1. The fourth-order valence-electron chi connectivity index (χ4n) is 4.07. The Morgan fingerprint density at radius 2 is 1.82 bits per heavy atom. The van der Waals surface area contributed by atoms with Gasteiger partial charge in [0.1, 0.15) is 19.4 Å². The van der Waals surface area contributed by atoms with E-state index < -0.39 is 5.60 Å². The normalized spacial score (nSPS) is 22.0. The summed E-state index contributed by atoms with van der Waals surface area (Å²) in [7, 11) is 0. The van der Waals surface area contributed by atoms with Gasteiger partial charge < -0.3 is 14.2 Å². The minimum absolute atomic E-state index is 0.223. The molecule has 1 saturated heterocycles. The summed E-state index contributed by atoms with van der Waals surface area (Å²) in [6.07, 6.45) is 6.07. The predicted octanol–water partition coefficient (Wildman–Crippen LogP) is 3.43. The molecule has 1 aliphatic carbocycles. The quantitative estimate of drug-likeness (QED) is 0.635. The smallest absolute Gasteiger partial charge is 0.338 e. The van der Waals surface area contributed by atoms with Crippen LogP contribution >= 0.6 is 0 Å². The molecule has 0 unspecified atom stereocenters. The average molecular weight is 389 g/mol. The van der Waals surface area contributed by atoms with Crippen molar-refractivity contribution in [1.29, 1.82) is 0 Å². The van der Waals surface area contributed by atoms with Gasteiger partial charge in [-0.2, -0.15) is 0 Å².